The van der Waals surface area contributed by atoms with Gasteiger partial charge in [-0.25, -0.2) is 0 Å². The van der Waals surface area contributed by atoms with E-state index in [-0.39, 0.29) is 5.91 Å². The molecule has 0 saturated carbocycles. The van der Waals surface area contributed by atoms with Crippen molar-refractivity contribution >= 4 is 23.4 Å². The van der Waals surface area contributed by atoms with Gasteiger partial charge in [0.05, 0.1) is 19.4 Å². The summed E-state index contributed by atoms with van der Waals surface area (Å²) in [6.45, 7) is 2.94. The number of benzene rings is 3. The molecule has 3 aromatic rings. The van der Waals surface area contributed by atoms with Gasteiger partial charge >= 0.3 is 0 Å². The smallest absolute Gasteiger partial charge is 0.255 e. The van der Waals surface area contributed by atoms with E-state index in [2.05, 4.69) is 5.32 Å². The van der Waals surface area contributed by atoms with Crippen LogP contribution in [0.25, 0.3) is 0 Å². The van der Waals surface area contributed by atoms with Gasteiger partial charge in [0.25, 0.3) is 5.91 Å². The Morgan fingerprint density at radius 1 is 1.00 bits per heavy atom. The molecule has 0 aromatic heterocycles. The highest BCUT2D eigenvalue weighted by Gasteiger charge is 2.13. The minimum Gasteiger partial charge on any atom is -0.496 e. The molecule has 1 N–H and O–H groups in total. The van der Waals surface area contributed by atoms with Gasteiger partial charge in [0, 0.05) is 27.5 Å². The number of hydrogen-bond acceptors (Lipinski definition) is 4. The van der Waals surface area contributed by atoms with Crippen LogP contribution in [0.2, 0.25) is 0 Å². The average molecular weight is 394 g/mol. The van der Waals surface area contributed by atoms with Crippen molar-refractivity contribution in [3.63, 3.8) is 0 Å². The second kappa shape index (κ2) is 9.97. The van der Waals surface area contributed by atoms with Crippen molar-refractivity contribution in [2.75, 3.05) is 19.0 Å². The van der Waals surface area contributed by atoms with E-state index in [1.807, 2.05) is 67.6 Å². The standard InChI is InChI=1S/C23H23NO3S/c1-3-27-16-18-15-17(13-14-21(18)26-2)23(25)24-20-11-7-8-12-22(20)28-19-9-5-4-6-10-19/h4-15H,3,16H2,1-2H3,(H,24,25). The molecule has 5 heteroatoms. The van der Waals surface area contributed by atoms with Gasteiger partial charge in [-0.1, -0.05) is 42.1 Å². The SMILES string of the molecule is CCOCc1cc(C(=O)Nc2ccccc2Sc2ccccc2)ccc1OC. The van der Waals surface area contributed by atoms with Crippen LogP contribution >= 0.6 is 11.8 Å². The number of para-hydroxylation sites is 1. The van der Waals surface area contributed by atoms with Crippen LogP contribution in [-0.4, -0.2) is 19.6 Å². The van der Waals surface area contributed by atoms with Gasteiger partial charge in [-0.15, -0.1) is 0 Å². The first-order valence-electron chi connectivity index (χ1n) is 9.09. The normalized spacial score (nSPS) is 10.5. The molecular weight excluding hydrogens is 370 g/mol. The third-order valence-corrected chi connectivity index (χ3v) is 5.19. The van der Waals surface area contributed by atoms with Crippen LogP contribution in [0.5, 0.6) is 5.75 Å². The predicted octanol–water partition coefficient (Wildman–Crippen LogP) is 5.64. The summed E-state index contributed by atoms with van der Waals surface area (Å²) in [6, 6.07) is 23.3. The monoisotopic (exact) mass is 393 g/mol. The first-order valence-corrected chi connectivity index (χ1v) is 9.91. The van der Waals surface area contributed by atoms with Crippen molar-refractivity contribution in [2.45, 2.75) is 23.3 Å². The molecule has 3 rings (SSSR count). The van der Waals surface area contributed by atoms with Crippen molar-refractivity contribution in [2.24, 2.45) is 0 Å². The average Bonchev–Trinajstić information content (AvgIpc) is 2.74. The molecule has 0 saturated heterocycles. The van der Waals surface area contributed by atoms with E-state index < -0.39 is 0 Å². The second-order valence-electron chi connectivity index (χ2n) is 6.03. The van der Waals surface area contributed by atoms with Crippen molar-refractivity contribution in [1.29, 1.82) is 0 Å². The molecular formula is C23H23NO3S. The summed E-state index contributed by atoms with van der Waals surface area (Å²) in [5, 5.41) is 3.03. The van der Waals surface area contributed by atoms with E-state index >= 15 is 0 Å². The third kappa shape index (κ3) is 5.15. The molecule has 0 spiro atoms. The molecule has 0 atom stereocenters. The Kier molecular flexibility index (Phi) is 7.12. The highest BCUT2D eigenvalue weighted by molar-refractivity contribution is 7.99. The first kappa shape index (κ1) is 20.0. The highest BCUT2D eigenvalue weighted by atomic mass is 32.2. The van der Waals surface area contributed by atoms with Crippen LogP contribution in [0.4, 0.5) is 5.69 Å². The molecule has 0 heterocycles. The predicted molar refractivity (Wildman–Crippen MR) is 113 cm³/mol. The lowest BCUT2D eigenvalue weighted by Gasteiger charge is -2.13. The van der Waals surface area contributed by atoms with Crippen LogP contribution in [0.3, 0.4) is 0 Å². The zero-order chi connectivity index (χ0) is 19.8. The molecule has 0 unspecified atom stereocenters. The minimum atomic E-state index is -0.165. The molecule has 0 bridgehead atoms. The fraction of sp³-hybridized carbons (Fsp3) is 0.174. The fourth-order valence-electron chi connectivity index (χ4n) is 2.71. The number of ether oxygens (including phenoxy) is 2. The fourth-order valence-corrected chi connectivity index (χ4v) is 3.64. The number of carbonyl (C=O) groups is 1. The Hall–Kier alpha value is -2.76. The van der Waals surface area contributed by atoms with Gasteiger partial charge in [-0.3, -0.25) is 4.79 Å². The molecule has 0 aliphatic rings. The second-order valence-corrected chi connectivity index (χ2v) is 7.14. The first-order chi connectivity index (χ1) is 13.7. The number of amides is 1. The topological polar surface area (TPSA) is 47.6 Å². The zero-order valence-corrected chi connectivity index (χ0v) is 16.8. The summed E-state index contributed by atoms with van der Waals surface area (Å²) in [5.41, 5.74) is 2.20. The Morgan fingerprint density at radius 3 is 2.50 bits per heavy atom. The Labute approximate surface area is 169 Å². The number of nitrogens with one attached hydrogen (secondary N) is 1. The number of rotatable bonds is 8. The van der Waals surface area contributed by atoms with E-state index in [4.69, 9.17) is 9.47 Å². The number of methoxy groups -OCH3 is 1. The van der Waals surface area contributed by atoms with Gasteiger partial charge in [0.1, 0.15) is 5.75 Å². The number of anilines is 1. The Morgan fingerprint density at radius 2 is 1.75 bits per heavy atom. The number of hydrogen-bond donors (Lipinski definition) is 1. The van der Waals surface area contributed by atoms with Crippen LogP contribution in [0.15, 0.2) is 82.6 Å². The maximum Gasteiger partial charge on any atom is 0.255 e. The largest absolute Gasteiger partial charge is 0.496 e. The summed E-state index contributed by atoms with van der Waals surface area (Å²) in [5.74, 6) is 0.548. The van der Waals surface area contributed by atoms with Crippen LogP contribution in [-0.2, 0) is 11.3 Å². The van der Waals surface area contributed by atoms with E-state index in [0.717, 1.165) is 21.0 Å². The maximum absolute atomic E-state index is 12.8. The van der Waals surface area contributed by atoms with E-state index in [0.29, 0.717) is 24.5 Å². The zero-order valence-electron chi connectivity index (χ0n) is 16.0. The van der Waals surface area contributed by atoms with Crippen LogP contribution in [0.1, 0.15) is 22.8 Å². The third-order valence-electron chi connectivity index (χ3n) is 4.11. The summed E-state index contributed by atoms with van der Waals surface area (Å²) in [6.07, 6.45) is 0. The van der Waals surface area contributed by atoms with E-state index in [1.165, 1.54) is 0 Å². The number of carbonyl (C=O) groups excluding carboxylic acids is 1. The van der Waals surface area contributed by atoms with Gasteiger partial charge < -0.3 is 14.8 Å². The molecule has 0 aliphatic heterocycles. The van der Waals surface area contributed by atoms with Crippen LogP contribution in [0, 0.1) is 0 Å². The Bertz CT molecular complexity index is 928. The molecule has 0 aliphatic carbocycles. The van der Waals surface area contributed by atoms with Crippen LogP contribution < -0.4 is 10.1 Å². The summed E-state index contributed by atoms with van der Waals surface area (Å²) >= 11 is 1.62. The molecule has 3 aromatic carbocycles. The maximum atomic E-state index is 12.8. The molecule has 1 amide bonds. The lowest BCUT2D eigenvalue weighted by atomic mass is 10.1. The van der Waals surface area contributed by atoms with E-state index in [9.17, 15) is 4.79 Å². The summed E-state index contributed by atoms with van der Waals surface area (Å²) < 4.78 is 10.9. The van der Waals surface area contributed by atoms with Gasteiger partial charge in [-0.05, 0) is 49.4 Å². The van der Waals surface area contributed by atoms with Crippen molar-refractivity contribution in [1.82, 2.24) is 0 Å². The summed E-state index contributed by atoms with van der Waals surface area (Å²) in [4.78, 5) is 15.0. The lowest BCUT2D eigenvalue weighted by Crippen LogP contribution is -2.13. The van der Waals surface area contributed by atoms with Gasteiger partial charge in [-0.2, -0.15) is 0 Å². The van der Waals surface area contributed by atoms with E-state index in [1.54, 1.807) is 31.0 Å². The van der Waals surface area contributed by atoms with Crippen molar-refractivity contribution in [3.8, 4) is 5.75 Å². The van der Waals surface area contributed by atoms with Crippen molar-refractivity contribution in [3.05, 3.63) is 83.9 Å². The molecule has 0 radical (unpaired) electrons. The molecule has 144 valence electrons. The minimum absolute atomic E-state index is 0.165. The van der Waals surface area contributed by atoms with Crippen molar-refractivity contribution < 1.29 is 14.3 Å². The quantitative estimate of drug-likeness (QED) is 0.538. The lowest BCUT2D eigenvalue weighted by molar-refractivity contribution is 0.102. The van der Waals surface area contributed by atoms with Gasteiger partial charge in [0.15, 0.2) is 0 Å². The summed E-state index contributed by atoms with van der Waals surface area (Å²) in [7, 11) is 1.61. The van der Waals surface area contributed by atoms with Gasteiger partial charge in [0.2, 0.25) is 0 Å². The molecule has 0 fully saturated rings. The molecule has 28 heavy (non-hydrogen) atoms. The Balaban J connectivity index is 1.80. The molecule has 4 nitrogen and oxygen atoms in total. The highest BCUT2D eigenvalue weighted by Crippen LogP contribution is 2.33.